The summed E-state index contributed by atoms with van der Waals surface area (Å²) in [7, 11) is 0. The minimum atomic E-state index is -0.596. The van der Waals surface area contributed by atoms with Crippen LogP contribution in [0.15, 0.2) is 30.5 Å². The number of benzene rings is 1. The number of urea groups is 1. The summed E-state index contributed by atoms with van der Waals surface area (Å²) in [4.78, 5) is 46.7. The van der Waals surface area contributed by atoms with Gasteiger partial charge in [0.2, 0.25) is 5.91 Å². The average molecular weight is 419 g/mol. The standard InChI is InChI=1S/C17H21N7O6/c1-2-30-16(26)7-19-17(27)22(8-12-3-5-14(6-4-12)24(28)29)9-13-10-23(21-20-13)11-15(18)25/h3-6,10H,2,7-9,11H2,1H3,(H2,18,25)(H,19,27). The number of nitro groups is 1. The fourth-order valence-electron chi connectivity index (χ4n) is 2.46. The quantitative estimate of drug-likeness (QED) is 0.306. The van der Waals surface area contributed by atoms with Gasteiger partial charge in [-0.1, -0.05) is 17.3 Å². The maximum Gasteiger partial charge on any atom is 0.325 e. The molecule has 0 aliphatic carbocycles. The topological polar surface area (TPSA) is 176 Å². The van der Waals surface area contributed by atoms with Crippen LogP contribution in [0.2, 0.25) is 0 Å². The molecule has 0 fully saturated rings. The van der Waals surface area contributed by atoms with Crippen LogP contribution in [0.25, 0.3) is 0 Å². The smallest absolute Gasteiger partial charge is 0.325 e. The minimum Gasteiger partial charge on any atom is -0.465 e. The number of hydrogen-bond acceptors (Lipinski definition) is 8. The van der Waals surface area contributed by atoms with Crippen molar-refractivity contribution in [2.45, 2.75) is 26.6 Å². The molecule has 1 heterocycles. The number of non-ortho nitro benzene ring substituents is 1. The Morgan fingerprint density at radius 1 is 1.27 bits per heavy atom. The molecule has 0 unspecified atom stereocenters. The number of nitrogens with two attached hydrogens (primary N) is 1. The summed E-state index contributed by atoms with van der Waals surface area (Å²) in [5.41, 5.74) is 6.04. The molecule has 0 atom stereocenters. The van der Waals surface area contributed by atoms with E-state index in [9.17, 15) is 24.5 Å². The van der Waals surface area contributed by atoms with E-state index in [1.54, 1.807) is 6.92 Å². The first kappa shape index (κ1) is 22.3. The van der Waals surface area contributed by atoms with Crippen molar-refractivity contribution in [3.8, 4) is 0 Å². The van der Waals surface area contributed by atoms with E-state index < -0.39 is 22.8 Å². The van der Waals surface area contributed by atoms with Gasteiger partial charge in [-0.3, -0.25) is 19.7 Å². The lowest BCUT2D eigenvalue weighted by atomic mass is 10.2. The van der Waals surface area contributed by atoms with Crippen LogP contribution in [-0.2, 0) is 34.0 Å². The predicted octanol–water partition coefficient (Wildman–Crippen LogP) is -0.0535. The fourth-order valence-corrected chi connectivity index (χ4v) is 2.46. The third kappa shape index (κ3) is 6.85. The van der Waals surface area contributed by atoms with Crippen LogP contribution in [0.3, 0.4) is 0 Å². The van der Waals surface area contributed by atoms with Crippen molar-refractivity contribution < 1.29 is 24.0 Å². The lowest BCUT2D eigenvalue weighted by Gasteiger charge is -2.22. The summed E-state index contributed by atoms with van der Waals surface area (Å²) in [6, 6.07) is 5.12. The molecule has 13 heteroatoms. The van der Waals surface area contributed by atoms with Crippen LogP contribution in [0.5, 0.6) is 0 Å². The molecule has 0 bridgehead atoms. The number of esters is 1. The van der Waals surface area contributed by atoms with Gasteiger partial charge in [-0.05, 0) is 12.5 Å². The van der Waals surface area contributed by atoms with E-state index in [0.717, 1.165) is 0 Å². The average Bonchev–Trinajstić information content (AvgIpc) is 3.12. The molecular weight excluding hydrogens is 398 g/mol. The zero-order chi connectivity index (χ0) is 22.1. The summed E-state index contributed by atoms with van der Waals surface area (Å²) in [5, 5.41) is 20.9. The van der Waals surface area contributed by atoms with Gasteiger partial charge in [0.15, 0.2) is 0 Å². The molecule has 1 aromatic carbocycles. The van der Waals surface area contributed by atoms with Crippen molar-refractivity contribution in [3.63, 3.8) is 0 Å². The zero-order valence-corrected chi connectivity index (χ0v) is 16.2. The Labute approximate surface area is 170 Å². The maximum absolute atomic E-state index is 12.6. The van der Waals surface area contributed by atoms with Crippen LogP contribution in [-0.4, -0.2) is 55.9 Å². The highest BCUT2D eigenvalue weighted by atomic mass is 16.6. The molecule has 0 saturated carbocycles. The Kier molecular flexibility index (Phi) is 7.79. The highest BCUT2D eigenvalue weighted by molar-refractivity contribution is 5.80. The molecule has 0 saturated heterocycles. The van der Waals surface area contributed by atoms with Crippen LogP contribution in [0.1, 0.15) is 18.2 Å². The summed E-state index contributed by atoms with van der Waals surface area (Å²) >= 11 is 0. The van der Waals surface area contributed by atoms with Crippen LogP contribution >= 0.6 is 0 Å². The third-order valence-corrected chi connectivity index (χ3v) is 3.75. The number of nitro benzene ring substituents is 1. The molecule has 30 heavy (non-hydrogen) atoms. The highest BCUT2D eigenvalue weighted by Crippen LogP contribution is 2.15. The number of rotatable bonds is 10. The van der Waals surface area contributed by atoms with E-state index in [4.69, 9.17) is 10.5 Å². The van der Waals surface area contributed by atoms with Crippen molar-refractivity contribution in [2.24, 2.45) is 5.73 Å². The number of nitrogens with zero attached hydrogens (tertiary/aromatic N) is 5. The van der Waals surface area contributed by atoms with E-state index in [1.807, 2.05) is 0 Å². The first-order valence-corrected chi connectivity index (χ1v) is 8.87. The zero-order valence-electron chi connectivity index (χ0n) is 16.2. The third-order valence-electron chi connectivity index (χ3n) is 3.75. The minimum absolute atomic E-state index is 0.00437. The van der Waals surface area contributed by atoms with Crippen molar-refractivity contribution in [3.05, 3.63) is 51.8 Å². The van der Waals surface area contributed by atoms with Crippen LogP contribution in [0.4, 0.5) is 10.5 Å². The molecule has 0 radical (unpaired) electrons. The van der Waals surface area contributed by atoms with Gasteiger partial charge in [0.1, 0.15) is 18.8 Å². The monoisotopic (exact) mass is 419 g/mol. The summed E-state index contributed by atoms with van der Waals surface area (Å²) in [5.74, 6) is -1.19. The van der Waals surface area contributed by atoms with Crippen LogP contribution < -0.4 is 11.1 Å². The number of ether oxygens (including phenoxy) is 1. The Morgan fingerprint density at radius 3 is 2.57 bits per heavy atom. The number of carbonyl (C=O) groups excluding carboxylic acids is 3. The molecule has 3 N–H and O–H groups in total. The van der Waals surface area contributed by atoms with Crippen LogP contribution in [0, 0.1) is 10.1 Å². The summed E-state index contributed by atoms with van der Waals surface area (Å²) < 4.78 is 6.01. The second-order valence-electron chi connectivity index (χ2n) is 6.12. The van der Waals surface area contributed by atoms with E-state index in [2.05, 4.69) is 15.6 Å². The van der Waals surface area contributed by atoms with Gasteiger partial charge in [-0.15, -0.1) is 5.10 Å². The van der Waals surface area contributed by atoms with Gasteiger partial charge in [0.25, 0.3) is 5.69 Å². The maximum atomic E-state index is 12.6. The fraction of sp³-hybridized carbons (Fsp3) is 0.353. The normalized spacial score (nSPS) is 10.3. The van der Waals surface area contributed by atoms with E-state index >= 15 is 0 Å². The molecule has 2 rings (SSSR count). The molecule has 2 aromatic rings. The number of primary amides is 1. The van der Waals surface area contributed by atoms with Gasteiger partial charge >= 0.3 is 12.0 Å². The Hall–Kier alpha value is -4.03. The van der Waals surface area contributed by atoms with Crippen molar-refractivity contribution >= 4 is 23.6 Å². The number of nitrogens with one attached hydrogen (secondary N) is 1. The molecule has 0 spiro atoms. The Balaban J connectivity index is 2.13. The first-order chi connectivity index (χ1) is 14.3. The van der Waals surface area contributed by atoms with Crippen molar-refractivity contribution in [2.75, 3.05) is 13.2 Å². The van der Waals surface area contributed by atoms with E-state index in [0.29, 0.717) is 11.3 Å². The summed E-state index contributed by atoms with van der Waals surface area (Å²) in [6.07, 6.45) is 1.46. The predicted molar refractivity (Wildman–Crippen MR) is 102 cm³/mol. The second-order valence-corrected chi connectivity index (χ2v) is 6.12. The number of carbonyl (C=O) groups is 3. The van der Waals surface area contributed by atoms with Gasteiger partial charge in [0.05, 0.1) is 24.3 Å². The van der Waals surface area contributed by atoms with E-state index in [1.165, 1.54) is 40.0 Å². The van der Waals surface area contributed by atoms with Crippen molar-refractivity contribution in [1.82, 2.24) is 25.2 Å². The Bertz CT molecular complexity index is 912. The molecule has 1 aromatic heterocycles. The van der Waals surface area contributed by atoms with Gasteiger partial charge in [-0.2, -0.15) is 0 Å². The molecule has 3 amide bonds. The lowest BCUT2D eigenvalue weighted by molar-refractivity contribution is -0.384. The SMILES string of the molecule is CCOC(=O)CNC(=O)N(Cc1ccc([N+](=O)[O-])cc1)Cc1cn(CC(N)=O)nn1. The molecule has 0 aliphatic heterocycles. The number of aromatic nitrogens is 3. The van der Waals surface area contributed by atoms with Gasteiger partial charge < -0.3 is 20.7 Å². The van der Waals surface area contributed by atoms with E-state index in [-0.39, 0.29) is 38.5 Å². The number of hydrogen-bond donors (Lipinski definition) is 2. The second kappa shape index (κ2) is 10.5. The molecule has 13 nitrogen and oxygen atoms in total. The molecule has 0 aliphatic rings. The van der Waals surface area contributed by atoms with Gasteiger partial charge in [-0.25, -0.2) is 9.48 Å². The Morgan fingerprint density at radius 2 is 1.97 bits per heavy atom. The largest absolute Gasteiger partial charge is 0.465 e. The lowest BCUT2D eigenvalue weighted by Crippen LogP contribution is -2.41. The molecule has 160 valence electrons. The number of amides is 3. The summed E-state index contributed by atoms with van der Waals surface area (Å²) in [6.45, 7) is 1.43. The first-order valence-electron chi connectivity index (χ1n) is 8.87. The van der Waals surface area contributed by atoms with Crippen molar-refractivity contribution in [1.29, 1.82) is 0 Å². The van der Waals surface area contributed by atoms with Gasteiger partial charge in [0, 0.05) is 18.7 Å². The molecular formula is C17H21N7O6. The highest BCUT2D eigenvalue weighted by Gasteiger charge is 2.18.